The van der Waals surface area contributed by atoms with E-state index >= 15 is 0 Å². The molecule has 28 heavy (non-hydrogen) atoms. The number of benzene rings is 3. The minimum absolute atomic E-state index is 0.203. The smallest absolute Gasteiger partial charge is 0.356 e. The van der Waals surface area contributed by atoms with Gasteiger partial charge in [0.15, 0.2) is 0 Å². The molecule has 1 heterocycles. The normalized spacial score (nSPS) is 12.2. The van der Waals surface area contributed by atoms with Gasteiger partial charge in [0.1, 0.15) is 36.0 Å². The van der Waals surface area contributed by atoms with E-state index in [1.807, 2.05) is 71.3 Å². The Bertz CT molecular complexity index is 1050. The molecule has 5 nitrogen and oxygen atoms in total. The number of nitrogens with two attached hydrogens (primary N) is 1. The number of aliphatic hydroxyl groups is 1. The summed E-state index contributed by atoms with van der Waals surface area (Å²) in [6.45, 7) is 1.24. The third-order valence-corrected chi connectivity index (χ3v) is 4.78. The van der Waals surface area contributed by atoms with Crippen molar-refractivity contribution in [2.45, 2.75) is 19.2 Å². The minimum Gasteiger partial charge on any atom is -0.491 e. The van der Waals surface area contributed by atoms with Crippen LogP contribution in [-0.4, -0.2) is 22.4 Å². The third-order valence-electron chi connectivity index (χ3n) is 4.78. The molecule has 1 aromatic heterocycles. The monoisotopic (exact) mass is 374 g/mol. The maximum atomic E-state index is 10.5. The Labute approximate surface area is 164 Å². The molecule has 142 valence electrons. The lowest BCUT2D eigenvalue weighted by Crippen LogP contribution is -2.37. The van der Waals surface area contributed by atoms with Gasteiger partial charge in [-0.25, -0.2) is 9.13 Å². The quantitative estimate of drug-likeness (QED) is 0.489. The molecule has 0 aliphatic carbocycles. The fourth-order valence-electron chi connectivity index (χ4n) is 3.41. The molecule has 0 aliphatic heterocycles. The highest BCUT2D eigenvalue weighted by atomic mass is 16.5. The number of fused-ring (bicyclic) bond motifs is 1. The second-order valence-electron chi connectivity index (χ2n) is 6.81. The number of aliphatic hydroxyl groups excluding tert-OH is 1. The van der Waals surface area contributed by atoms with Gasteiger partial charge in [-0.1, -0.05) is 60.7 Å². The maximum absolute atomic E-state index is 10.5. The van der Waals surface area contributed by atoms with E-state index in [0.717, 1.165) is 16.8 Å². The van der Waals surface area contributed by atoms with Crippen LogP contribution in [0.4, 0.5) is 5.95 Å². The average molecular weight is 374 g/mol. The molecule has 1 atom stereocenters. The van der Waals surface area contributed by atoms with Gasteiger partial charge in [0.05, 0.1) is 6.54 Å². The molecule has 0 amide bonds. The summed E-state index contributed by atoms with van der Waals surface area (Å²) >= 11 is 0. The Morgan fingerprint density at radius 1 is 0.893 bits per heavy atom. The molecule has 0 saturated carbocycles. The van der Waals surface area contributed by atoms with E-state index in [0.29, 0.717) is 19.0 Å². The predicted octanol–water partition coefficient (Wildman–Crippen LogP) is 3.00. The van der Waals surface area contributed by atoms with Gasteiger partial charge in [-0.05, 0) is 29.8 Å². The van der Waals surface area contributed by atoms with E-state index in [1.165, 1.54) is 5.56 Å². The zero-order valence-electron chi connectivity index (χ0n) is 15.6. The van der Waals surface area contributed by atoms with Crippen LogP contribution in [0.25, 0.3) is 11.0 Å². The highest BCUT2D eigenvalue weighted by Crippen LogP contribution is 2.18. The van der Waals surface area contributed by atoms with Crippen LogP contribution >= 0.6 is 0 Å². The summed E-state index contributed by atoms with van der Waals surface area (Å²) in [5.41, 5.74) is 9.71. The Hall–Kier alpha value is -3.31. The van der Waals surface area contributed by atoms with E-state index in [2.05, 4.69) is 22.8 Å². The van der Waals surface area contributed by atoms with Crippen molar-refractivity contribution in [2.75, 3.05) is 12.3 Å². The van der Waals surface area contributed by atoms with Crippen molar-refractivity contribution in [1.82, 2.24) is 4.57 Å². The van der Waals surface area contributed by atoms with Gasteiger partial charge in [0.25, 0.3) is 0 Å². The van der Waals surface area contributed by atoms with Crippen LogP contribution in [0.1, 0.15) is 5.56 Å². The van der Waals surface area contributed by atoms with Crippen LogP contribution in [0.2, 0.25) is 0 Å². The predicted molar refractivity (Wildman–Crippen MR) is 110 cm³/mol. The molecule has 3 aromatic carbocycles. The van der Waals surface area contributed by atoms with Gasteiger partial charge in [-0.15, -0.1) is 0 Å². The fraction of sp³-hybridized carbons (Fsp3) is 0.174. The first-order chi connectivity index (χ1) is 13.7. The van der Waals surface area contributed by atoms with Crippen molar-refractivity contribution in [3.05, 3.63) is 90.5 Å². The number of hydrogen-bond acceptors (Lipinski definition) is 3. The second kappa shape index (κ2) is 8.15. The molecular formula is C23H24N3O2+. The summed E-state index contributed by atoms with van der Waals surface area (Å²) in [6, 6.07) is 27.8. The summed E-state index contributed by atoms with van der Waals surface area (Å²) in [5.74, 6) is 1.36. The topological polar surface area (TPSA) is 64.3 Å². The number of para-hydroxylation sites is 3. The Kier molecular flexibility index (Phi) is 5.26. The molecule has 3 N–H and O–H groups in total. The molecular weight excluding hydrogens is 350 g/mol. The van der Waals surface area contributed by atoms with Crippen molar-refractivity contribution < 1.29 is 14.4 Å². The molecule has 0 saturated heterocycles. The van der Waals surface area contributed by atoms with E-state index in [1.54, 1.807) is 0 Å². The van der Waals surface area contributed by atoms with E-state index in [4.69, 9.17) is 10.5 Å². The van der Waals surface area contributed by atoms with Crippen LogP contribution in [0, 0.1) is 0 Å². The van der Waals surface area contributed by atoms with E-state index in [9.17, 15) is 5.11 Å². The Morgan fingerprint density at radius 2 is 1.54 bits per heavy atom. The van der Waals surface area contributed by atoms with Crippen molar-refractivity contribution >= 4 is 17.0 Å². The standard InChI is InChI=1S/C23H23N3O2/c24-23-25(15-18-9-3-1-4-10-18)21-13-7-8-14-22(21)26(23)16-19(27)17-28-20-11-5-2-6-12-20/h1-14,19,24,27H,15-17H2/p+1/t19-/m1/s1. The Balaban J connectivity index is 1.57. The summed E-state index contributed by atoms with van der Waals surface area (Å²) in [4.78, 5) is 0. The molecule has 0 spiro atoms. The van der Waals surface area contributed by atoms with Gasteiger partial charge in [-0.3, -0.25) is 5.73 Å². The number of aromatic nitrogens is 2. The van der Waals surface area contributed by atoms with Crippen molar-refractivity contribution in [2.24, 2.45) is 0 Å². The summed E-state index contributed by atoms with van der Waals surface area (Å²) < 4.78 is 9.72. The third kappa shape index (κ3) is 3.85. The second-order valence-corrected chi connectivity index (χ2v) is 6.81. The molecule has 0 bridgehead atoms. The summed E-state index contributed by atoms with van der Waals surface area (Å²) in [5, 5.41) is 10.5. The van der Waals surface area contributed by atoms with Gasteiger partial charge >= 0.3 is 5.95 Å². The summed E-state index contributed by atoms with van der Waals surface area (Å²) in [6.07, 6.45) is -0.677. The van der Waals surface area contributed by atoms with E-state index in [-0.39, 0.29) is 6.61 Å². The first-order valence-corrected chi connectivity index (χ1v) is 9.39. The summed E-state index contributed by atoms with van der Waals surface area (Å²) in [7, 11) is 0. The first kappa shape index (κ1) is 18.1. The minimum atomic E-state index is -0.677. The van der Waals surface area contributed by atoms with Crippen molar-refractivity contribution in [1.29, 1.82) is 0 Å². The number of nitrogen functional groups attached to an aromatic ring is 1. The molecule has 4 aromatic rings. The average Bonchev–Trinajstić information content (AvgIpc) is 3.00. The Morgan fingerprint density at radius 3 is 2.29 bits per heavy atom. The SMILES string of the molecule is Nc1n(C[C@@H](O)COc2ccccc2)c2ccccc2[n+]1Cc1ccccc1. The van der Waals surface area contributed by atoms with E-state index < -0.39 is 6.10 Å². The van der Waals surface area contributed by atoms with Gasteiger partial charge < -0.3 is 9.84 Å². The lowest BCUT2D eigenvalue weighted by molar-refractivity contribution is -0.648. The van der Waals surface area contributed by atoms with Crippen molar-refractivity contribution in [3.63, 3.8) is 0 Å². The number of anilines is 1. The number of hydrogen-bond donors (Lipinski definition) is 2. The van der Waals surface area contributed by atoms with Crippen LogP contribution in [0.15, 0.2) is 84.9 Å². The lowest BCUT2D eigenvalue weighted by atomic mass is 10.2. The van der Waals surface area contributed by atoms with Crippen LogP contribution in [0.3, 0.4) is 0 Å². The maximum Gasteiger partial charge on any atom is 0.356 e. The van der Waals surface area contributed by atoms with Gasteiger partial charge in [-0.2, -0.15) is 0 Å². The number of imidazole rings is 1. The molecule has 0 radical (unpaired) electrons. The number of rotatable bonds is 7. The molecule has 0 unspecified atom stereocenters. The molecule has 4 rings (SSSR count). The largest absolute Gasteiger partial charge is 0.491 e. The molecule has 0 aliphatic rings. The van der Waals surface area contributed by atoms with Crippen LogP contribution in [-0.2, 0) is 13.1 Å². The zero-order valence-corrected chi connectivity index (χ0v) is 15.6. The van der Waals surface area contributed by atoms with Crippen LogP contribution in [0.5, 0.6) is 5.75 Å². The van der Waals surface area contributed by atoms with Gasteiger partial charge in [0, 0.05) is 0 Å². The number of nitrogens with zero attached hydrogens (tertiary/aromatic N) is 2. The van der Waals surface area contributed by atoms with Gasteiger partial charge in [0.2, 0.25) is 0 Å². The molecule has 5 heteroatoms. The van der Waals surface area contributed by atoms with Crippen LogP contribution < -0.4 is 15.0 Å². The highest BCUT2D eigenvalue weighted by Gasteiger charge is 2.23. The fourth-order valence-corrected chi connectivity index (χ4v) is 3.41. The van der Waals surface area contributed by atoms with Crippen molar-refractivity contribution in [3.8, 4) is 5.75 Å². The molecule has 0 fully saturated rings. The highest BCUT2D eigenvalue weighted by molar-refractivity contribution is 5.74. The number of ether oxygens (including phenoxy) is 1. The zero-order chi connectivity index (χ0) is 19.3. The lowest BCUT2D eigenvalue weighted by Gasteiger charge is -2.12. The first-order valence-electron chi connectivity index (χ1n) is 9.39.